The van der Waals surface area contributed by atoms with E-state index >= 15 is 0 Å². The van der Waals surface area contributed by atoms with Crippen LogP contribution in [0.1, 0.15) is 5.56 Å². The van der Waals surface area contributed by atoms with E-state index in [1.165, 1.54) is 27.4 Å². The second kappa shape index (κ2) is 4.13. The maximum atomic E-state index is 6.38. The molecule has 0 aliphatic carbocycles. The normalized spacial score (nSPS) is 12.5. The first-order valence-corrected chi connectivity index (χ1v) is 7.83. The van der Waals surface area contributed by atoms with Gasteiger partial charge in [0.15, 0.2) is 11.9 Å². The van der Waals surface area contributed by atoms with Gasteiger partial charge in [0, 0.05) is 24.0 Å². The maximum Gasteiger partial charge on any atom is 0.257 e. The van der Waals surface area contributed by atoms with Gasteiger partial charge in [-0.1, -0.05) is 24.3 Å². The van der Waals surface area contributed by atoms with Gasteiger partial charge in [0.1, 0.15) is 7.05 Å². The van der Waals surface area contributed by atoms with Crippen LogP contribution in [0, 0.1) is 6.92 Å². The highest BCUT2D eigenvalue weighted by Gasteiger charge is 2.32. The van der Waals surface area contributed by atoms with Gasteiger partial charge in [-0.3, -0.25) is 0 Å². The summed E-state index contributed by atoms with van der Waals surface area (Å²) in [5.74, 6) is 1.91. The van der Waals surface area contributed by atoms with Crippen molar-refractivity contribution in [1.82, 2.24) is 4.57 Å². The van der Waals surface area contributed by atoms with Crippen LogP contribution in [0.25, 0.3) is 32.9 Å². The van der Waals surface area contributed by atoms with E-state index in [9.17, 15) is 0 Å². The molecule has 4 aromatic rings. The Morgan fingerprint density at radius 1 is 1.09 bits per heavy atom. The summed E-state index contributed by atoms with van der Waals surface area (Å²) in [5.41, 5.74) is 4.93. The van der Waals surface area contributed by atoms with E-state index in [-0.39, 0.29) is 0 Å². The molecule has 0 fully saturated rings. The van der Waals surface area contributed by atoms with E-state index in [0.717, 1.165) is 22.6 Å². The smallest absolute Gasteiger partial charge is 0.257 e. The standard InChI is InChI=1S/C20H17N2O/c1-12-8-9-15-18-16(11-21(15)2)23-20-14-7-5-4-6-13(14)10-22(3)19(20)17(12)18/h4-11H,1-3H3/q+1. The Hall–Kier alpha value is -2.81. The molecule has 0 amide bonds. The Kier molecular flexibility index (Phi) is 2.28. The lowest BCUT2D eigenvalue weighted by molar-refractivity contribution is -0.659. The Labute approximate surface area is 134 Å². The summed E-state index contributed by atoms with van der Waals surface area (Å²) < 4.78 is 10.7. The number of benzene rings is 2. The predicted octanol–water partition coefficient (Wildman–Crippen LogP) is 4.24. The van der Waals surface area contributed by atoms with Gasteiger partial charge in [-0.15, -0.1) is 0 Å². The van der Waals surface area contributed by atoms with Crippen molar-refractivity contribution in [3.05, 3.63) is 54.4 Å². The Balaban J connectivity index is 2.03. The maximum absolute atomic E-state index is 6.38. The molecule has 0 unspecified atom stereocenters. The molecule has 1 aliphatic heterocycles. The second-order valence-corrected chi connectivity index (χ2v) is 6.36. The molecule has 3 nitrogen and oxygen atoms in total. The molecule has 0 bridgehead atoms. The zero-order chi connectivity index (χ0) is 15.7. The Morgan fingerprint density at radius 3 is 2.78 bits per heavy atom. The number of rotatable bonds is 0. The number of hydrogen-bond acceptors (Lipinski definition) is 1. The minimum atomic E-state index is 0.949. The van der Waals surface area contributed by atoms with Gasteiger partial charge in [-0.05, 0) is 24.6 Å². The third kappa shape index (κ3) is 1.51. The van der Waals surface area contributed by atoms with Crippen LogP contribution in [0.3, 0.4) is 0 Å². The molecule has 0 atom stereocenters. The average molecular weight is 301 g/mol. The van der Waals surface area contributed by atoms with E-state index < -0.39 is 0 Å². The molecule has 0 N–H and O–H groups in total. The highest BCUT2D eigenvalue weighted by molar-refractivity contribution is 6.06. The van der Waals surface area contributed by atoms with E-state index in [1.54, 1.807) is 0 Å². The fraction of sp³-hybridized carbons (Fsp3) is 0.150. The lowest BCUT2D eigenvalue weighted by Gasteiger charge is -2.18. The van der Waals surface area contributed by atoms with Gasteiger partial charge in [-0.25, -0.2) is 0 Å². The van der Waals surface area contributed by atoms with Crippen LogP contribution < -0.4 is 9.30 Å². The zero-order valence-corrected chi connectivity index (χ0v) is 13.4. The average Bonchev–Trinajstić information content (AvgIpc) is 2.86. The molecule has 5 rings (SSSR count). The summed E-state index contributed by atoms with van der Waals surface area (Å²) in [6.07, 6.45) is 4.27. The minimum absolute atomic E-state index is 0.949. The fourth-order valence-electron chi connectivity index (χ4n) is 3.81. The highest BCUT2D eigenvalue weighted by Crippen LogP contribution is 2.49. The minimum Gasteiger partial charge on any atom is -0.447 e. The summed E-state index contributed by atoms with van der Waals surface area (Å²) in [6, 6.07) is 12.8. The van der Waals surface area contributed by atoms with Crippen LogP contribution in [0.4, 0.5) is 0 Å². The van der Waals surface area contributed by atoms with Gasteiger partial charge in [0.25, 0.3) is 5.69 Å². The fourth-order valence-corrected chi connectivity index (χ4v) is 3.81. The number of fused-ring (bicyclic) bond motifs is 4. The monoisotopic (exact) mass is 301 g/mol. The molecule has 0 saturated heterocycles. The first-order valence-electron chi connectivity index (χ1n) is 7.83. The van der Waals surface area contributed by atoms with Crippen LogP contribution in [0.5, 0.6) is 11.5 Å². The molecule has 1 aliphatic rings. The van der Waals surface area contributed by atoms with E-state index in [1.807, 2.05) is 0 Å². The number of aromatic nitrogens is 2. The Morgan fingerprint density at radius 2 is 1.91 bits per heavy atom. The molecule has 2 aromatic heterocycles. The highest BCUT2D eigenvalue weighted by atomic mass is 16.5. The van der Waals surface area contributed by atoms with E-state index in [4.69, 9.17) is 4.74 Å². The van der Waals surface area contributed by atoms with Crippen LogP contribution >= 0.6 is 0 Å². The van der Waals surface area contributed by atoms with Gasteiger partial charge in [-0.2, -0.15) is 4.57 Å². The number of aryl methyl sites for hydroxylation is 3. The van der Waals surface area contributed by atoms with Crippen molar-refractivity contribution in [3.63, 3.8) is 0 Å². The molecule has 3 heteroatoms. The van der Waals surface area contributed by atoms with Crippen LogP contribution in [0.15, 0.2) is 48.8 Å². The Bertz CT molecular complexity index is 1120. The molecule has 0 spiro atoms. The van der Waals surface area contributed by atoms with E-state index in [0.29, 0.717) is 0 Å². The van der Waals surface area contributed by atoms with Crippen molar-refractivity contribution >= 4 is 21.7 Å². The number of ether oxygens (including phenoxy) is 1. The molecule has 3 heterocycles. The largest absolute Gasteiger partial charge is 0.447 e. The van der Waals surface area contributed by atoms with Crippen LogP contribution in [-0.4, -0.2) is 4.57 Å². The molecule has 23 heavy (non-hydrogen) atoms. The summed E-state index contributed by atoms with van der Waals surface area (Å²) in [6.45, 7) is 2.18. The number of pyridine rings is 1. The third-order valence-electron chi connectivity index (χ3n) is 4.88. The topological polar surface area (TPSA) is 18.0 Å². The van der Waals surface area contributed by atoms with Gasteiger partial charge in [0.05, 0.1) is 16.5 Å². The summed E-state index contributed by atoms with van der Waals surface area (Å²) in [5, 5.41) is 3.57. The number of nitrogens with zero attached hydrogens (tertiary/aromatic N) is 2. The molecule has 112 valence electrons. The van der Waals surface area contributed by atoms with Crippen molar-refractivity contribution in [2.24, 2.45) is 14.1 Å². The molecular formula is C20H17N2O+. The van der Waals surface area contributed by atoms with Gasteiger partial charge < -0.3 is 9.30 Å². The summed E-state index contributed by atoms with van der Waals surface area (Å²) in [7, 11) is 4.17. The first kappa shape index (κ1) is 12.7. The number of hydrogen-bond donors (Lipinski definition) is 0. The van der Waals surface area contributed by atoms with Crippen LogP contribution in [-0.2, 0) is 14.1 Å². The predicted molar refractivity (Wildman–Crippen MR) is 91.8 cm³/mol. The molecule has 2 aromatic carbocycles. The second-order valence-electron chi connectivity index (χ2n) is 6.36. The van der Waals surface area contributed by atoms with Gasteiger partial charge >= 0.3 is 0 Å². The molecular weight excluding hydrogens is 284 g/mol. The zero-order valence-electron chi connectivity index (χ0n) is 13.4. The molecule has 0 radical (unpaired) electrons. The van der Waals surface area contributed by atoms with Crippen molar-refractivity contribution in [3.8, 4) is 22.8 Å². The van der Waals surface area contributed by atoms with Crippen molar-refractivity contribution in [2.75, 3.05) is 0 Å². The summed E-state index contributed by atoms with van der Waals surface area (Å²) in [4.78, 5) is 0. The van der Waals surface area contributed by atoms with Gasteiger partial charge in [0.2, 0.25) is 5.75 Å². The third-order valence-corrected chi connectivity index (χ3v) is 4.88. The van der Waals surface area contributed by atoms with Crippen molar-refractivity contribution in [1.29, 1.82) is 0 Å². The quantitative estimate of drug-likeness (QED) is 0.391. The molecule has 0 saturated carbocycles. The van der Waals surface area contributed by atoms with Crippen LogP contribution in [0.2, 0.25) is 0 Å². The lowest BCUT2D eigenvalue weighted by Crippen LogP contribution is -2.32. The van der Waals surface area contributed by atoms with Crippen molar-refractivity contribution in [2.45, 2.75) is 6.92 Å². The van der Waals surface area contributed by atoms with E-state index in [2.05, 4.69) is 78.9 Å². The summed E-state index contributed by atoms with van der Waals surface area (Å²) >= 11 is 0. The lowest BCUT2D eigenvalue weighted by atomic mass is 9.95. The SMILES string of the molecule is Cc1ccc2c3c(cn2C)Oc2c([n+](C)cc4ccccc24)-c13. The van der Waals surface area contributed by atoms with Crippen molar-refractivity contribution < 1.29 is 9.30 Å². The first-order chi connectivity index (χ1) is 11.1.